The van der Waals surface area contributed by atoms with Gasteiger partial charge in [0, 0.05) is 17.3 Å². The lowest BCUT2D eigenvalue weighted by Gasteiger charge is -2.20. The first kappa shape index (κ1) is 30.5. The summed E-state index contributed by atoms with van der Waals surface area (Å²) in [6.45, 7) is 8.08. The number of amides is 1. The van der Waals surface area contributed by atoms with Gasteiger partial charge in [-0.1, -0.05) is 32.1 Å². The molecule has 1 amide bonds. The number of benzene rings is 2. The number of hydrogen-bond donors (Lipinski definition) is 1. The molecule has 2 aromatic heterocycles. The molecule has 0 aliphatic rings. The minimum atomic E-state index is -4.59. The van der Waals surface area contributed by atoms with Crippen molar-refractivity contribution in [1.29, 1.82) is 0 Å². The lowest BCUT2D eigenvalue weighted by molar-refractivity contribution is -0.137. The Balaban J connectivity index is 1.64. The summed E-state index contributed by atoms with van der Waals surface area (Å²) in [6, 6.07) is 8.73. The normalized spacial score (nSPS) is 11.8. The van der Waals surface area contributed by atoms with Gasteiger partial charge in [-0.15, -0.1) is 5.10 Å². The summed E-state index contributed by atoms with van der Waals surface area (Å²) in [7, 11) is 2.93. The number of alkyl halides is 3. The number of carbonyl (C=O) groups is 1. The predicted molar refractivity (Wildman–Crippen MR) is 154 cm³/mol. The van der Waals surface area contributed by atoms with Crippen LogP contribution in [-0.4, -0.2) is 40.1 Å². The van der Waals surface area contributed by atoms with Crippen LogP contribution in [-0.2, 0) is 12.6 Å². The molecule has 0 aliphatic carbocycles. The molecule has 0 unspecified atom stereocenters. The van der Waals surface area contributed by atoms with Gasteiger partial charge >= 0.3 is 6.18 Å². The van der Waals surface area contributed by atoms with Crippen LogP contribution in [0.25, 0.3) is 16.9 Å². The zero-order valence-corrected chi connectivity index (χ0v) is 24.5. The van der Waals surface area contributed by atoms with E-state index in [9.17, 15) is 18.0 Å². The topological polar surface area (TPSA) is 91.2 Å². The number of pyridine rings is 1. The standard InChI is InChI=1S/C31H34F3N5O3/c1-19-9-10-21(14-27(19)39-18-26(37-38-39)22-13-24(41-5)17-35-16-22)29(40)36-25-15-23(31(32,33)34)12-20(28(25)42-6)8-7-11-30(2,3)4/h9-10,12-18H,7-8,11H2,1-6H3,(H,36,40). The fraction of sp³-hybridized carbons (Fsp3) is 0.355. The largest absolute Gasteiger partial charge is 0.495 e. The summed E-state index contributed by atoms with van der Waals surface area (Å²) in [5, 5.41) is 11.1. The highest BCUT2D eigenvalue weighted by atomic mass is 19.4. The number of carbonyl (C=O) groups excluding carboxylic acids is 1. The van der Waals surface area contributed by atoms with Gasteiger partial charge in [0.05, 0.1) is 43.6 Å². The Hall–Kier alpha value is -4.41. The molecule has 2 heterocycles. The third-order valence-electron chi connectivity index (χ3n) is 6.77. The number of methoxy groups -OCH3 is 2. The van der Waals surface area contributed by atoms with Crippen molar-refractivity contribution in [2.24, 2.45) is 5.41 Å². The molecule has 4 aromatic rings. The van der Waals surface area contributed by atoms with E-state index >= 15 is 0 Å². The number of rotatable bonds is 9. The van der Waals surface area contributed by atoms with Gasteiger partial charge in [0.15, 0.2) is 0 Å². The second kappa shape index (κ2) is 12.2. The molecule has 0 spiro atoms. The Labute approximate surface area is 242 Å². The average molecular weight is 582 g/mol. The maximum Gasteiger partial charge on any atom is 0.416 e. The minimum Gasteiger partial charge on any atom is -0.495 e. The Bertz CT molecular complexity index is 1580. The van der Waals surface area contributed by atoms with E-state index in [1.165, 1.54) is 11.8 Å². The van der Waals surface area contributed by atoms with Crippen molar-refractivity contribution >= 4 is 11.6 Å². The van der Waals surface area contributed by atoms with Gasteiger partial charge in [-0.25, -0.2) is 4.68 Å². The van der Waals surface area contributed by atoms with E-state index in [1.54, 1.807) is 50.0 Å². The molecule has 4 rings (SSSR count). The van der Waals surface area contributed by atoms with Crippen LogP contribution in [0.15, 0.2) is 55.0 Å². The number of nitrogens with one attached hydrogen (secondary N) is 1. The van der Waals surface area contributed by atoms with Crippen molar-refractivity contribution in [3.8, 4) is 28.4 Å². The third kappa shape index (κ3) is 7.26. The Morgan fingerprint density at radius 1 is 1.02 bits per heavy atom. The van der Waals surface area contributed by atoms with Crippen LogP contribution >= 0.6 is 0 Å². The van der Waals surface area contributed by atoms with E-state index in [-0.39, 0.29) is 22.4 Å². The maximum atomic E-state index is 13.8. The summed E-state index contributed by atoms with van der Waals surface area (Å²) in [5.41, 5.74) is 2.38. The smallest absolute Gasteiger partial charge is 0.416 e. The van der Waals surface area contributed by atoms with Crippen molar-refractivity contribution < 1.29 is 27.4 Å². The molecule has 0 saturated carbocycles. The van der Waals surface area contributed by atoms with Crippen molar-refractivity contribution in [3.63, 3.8) is 0 Å². The molecule has 42 heavy (non-hydrogen) atoms. The molecule has 0 saturated heterocycles. The first-order valence-electron chi connectivity index (χ1n) is 13.4. The molecule has 0 aliphatic heterocycles. The van der Waals surface area contributed by atoms with Gasteiger partial charge in [-0.05, 0) is 73.1 Å². The van der Waals surface area contributed by atoms with Gasteiger partial charge in [-0.3, -0.25) is 9.78 Å². The molecule has 0 atom stereocenters. The second-order valence-corrected chi connectivity index (χ2v) is 11.2. The summed E-state index contributed by atoms with van der Waals surface area (Å²) in [4.78, 5) is 17.5. The van der Waals surface area contributed by atoms with Crippen molar-refractivity contribution in [1.82, 2.24) is 20.0 Å². The third-order valence-corrected chi connectivity index (χ3v) is 6.77. The number of nitrogens with zero attached hydrogens (tertiary/aromatic N) is 4. The molecule has 1 N–H and O–H groups in total. The van der Waals surface area contributed by atoms with Crippen LogP contribution in [0.4, 0.5) is 18.9 Å². The van der Waals surface area contributed by atoms with Crippen LogP contribution in [0.2, 0.25) is 0 Å². The molecule has 2 aromatic carbocycles. The van der Waals surface area contributed by atoms with Gasteiger partial charge in [0.25, 0.3) is 5.91 Å². The average Bonchev–Trinajstić information content (AvgIpc) is 3.42. The molecule has 0 bridgehead atoms. The zero-order valence-electron chi connectivity index (χ0n) is 24.5. The van der Waals surface area contributed by atoms with Gasteiger partial charge < -0.3 is 14.8 Å². The molecule has 0 fully saturated rings. The highest BCUT2D eigenvalue weighted by Crippen LogP contribution is 2.39. The van der Waals surface area contributed by atoms with Crippen LogP contribution in [0.1, 0.15) is 60.7 Å². The summed E-state index contributed by atoms with van der Waals surface area (Å²) in [6.07, 6.45) is 2.17. The molecular weight excluding hydrogens is 547 g/mol. The van der Waals surface area contributed by atoms with Crippen molar-refractivity contribution in [2.75, 3.05) is 19.5 Å². The van der Waals surface area contributed by atoms with E-state index in [0.29, 0.717) is 41.1 Å². The Kier molecular flexibility index (Phi) is 8.89. The van der Waals surface area contributed by atoms with E-state index < -0.39 is 17.6 Å². The highest BCUT2D eigenvalue weighted by molar-refractivity contribution is 6.05. The summed E-state index contributed by atoms with van der Waals surface area (Å²) in [5.74, 6) is 0.191. The second-order valence-electron chi connectivity index (χ2n) is 11.2. The van der Waals surface area contributed by atoms with Crippen LogP contribution in [0.5, 0.6) is 11.5 Å². The summed E-state index contributed by atoms with van der Waals surface area (Å²) >= 11 is 0. The SMILES string of the molecule is COc1cncc(-c2cn(-c3cc(C(=O)Nc4cc(C(F)(F)F)cc(CCCC(C)(C)C)c4OC)ccc3C)nn2)c1. The number of halogens is 3. The lowest BCUT2D eigenvalue weighted by Crippen LogP contribution is -2.16. The fourth-order valence-electron chi connectivity index (χ4n) is 4.56. The molecular formula is C31H34F3N5O3. The Morgan fingerprint density at radius 3 is 2.45 bits per heavy atom. The predicted octanol–water partition coefficient (Wildman–Crippen LogP) is 7.29. The van der Waals surface area contributed by atoms with Crippen molar-refractivity contribution in [2.45, 2.75) is 53.1 Å². The van der Waals surface area contributed by atoms with Crippen LogP contribution in [0, 0.1) is 12.3 Å². The highest BCUT2D eigenvalue weighted by Gasteiger charge is 2.33. The Morgan fingerprint density at radius 2 is 1.79 bits per heavy atom. The minimum absolute atomic E-state index is 0.0325. The summed E-state index contributed by atoms with van der Waals surface area (Å²) < 4.78 is 53.8. The lowest BCUT2D eigenvalue weighted by atomic mass is 9.88. The fourth-order valence-corrected chi connectivity index (χ4v) is 4.56. The van der Waals surface area contributed by atoms with Crippen LogP contribution in [0.3, 0.4) is 0 Å². The zero-order chi connectivity index (χ0) is 30.7. The van der Waals surface area contributed by atoms with Crippen LogP contribution < -0.4 is 14.8 Å². The molecule has 11 heteroatoms. The maximum absolute atomic E-state index is 13.8. The van der Waals surface area contributed by atoms with E-state index in [4.69, 9.17) is 9.47 Å². The monoisotopic (exact) mass is 581 g/mol. The first-order chi connectivity index (χ1) is 19.8. The van der Waals surface area contributed by atoms with E-state index in [2.05, 4.69) is 41.4 Å². The number of ether oxygens (including phenoxy) is 2. The van der Waals surface area contributed by atoms with E-state index in [1.807, 2.05) is 6.92 Å². The number of aryl methyl sites for hydroxylation is 2. The number of anilines is 1. The molecule has 222 valence electrons. The molecule has 8 nitrogen and oxygen atoms in total. The van der Waals surface area contributed by atoms with Gasteiger partial charge in [-0.2, -0.15) is 13.2 Å². The quantitative estimate of drug-likeness (QED) is 0.223. The number of aromatic nitrogens is 4. The van der Waals surface area contributed by atoms with Gasteiger partial charge in [0.1, 0.15) is 17.2 Å². The first-order valence-corrected chi connectivity index (χ1v) is 13.4. The van der Waals surface area contributed by atoms with Gasteiger partial charge in [0.2, 0.25) is 0 Å². The number of hydrogen-bond acceptors (Lipinski definition) is 6. The molecule has 0 radical (unpaired) electrons. The van der Waals surface area contributed by atoms with E-state index in [0.717, 1.165) is 24.1 Å². The van der Waals surface area contributed by atoms with Crippen molar-refractivity contribution in [3.05, 3.63) is 77.2 Å².